The van der Waals surface area contributed by atoms with E-state index in [2.05, 4.69) is 43.1 Å². The van der Waals surface area contributed by atoms with Gasteiger partial charge in [0, 0.05) is 6.04 Å². The van der Waals surface area contributed by atoms with Gasteiger partial charge in [0.2, 0.25) is 0 Å². The zero-order valence-electron chi connectivity index (χ0n) is 9.42. The molecule has 0 spiro atoms. The molecule has 0 aromatic heterocycles. The lowest BCUT2D eigenvalue weighted by atomic mass is 9.93. The quantitative estimate of drug-likeness (QED) is 0.792. The predicted octanol–water partition coefficient (Wildman–Crippen LogP) is 3.01. The van der Waals surface area contributed by atoms with E-state index in [1.807, 2.05) is 0 Å². The van der Waals surface area contributed by atoms with E-state index in [4.69, 9.17) is 0 Å². The molecule has 1 saturated heterocycles. The van der Waals surface area contributed by atoms with Crippen LogP contribution in [0.2, 0.25) is 0 Å². The first kappa shape index (κ1) is 10.4. The summed E-state index contributed by atoms with van der Waals surface area (Å²) in [6.45, 7) is 7.59. The van der Waals surface area contributed by atoms with Crippen molar-refractivity contribution in [3.05, 3.63) is 42.0 Å². The molecule has 0 aliphatic carbocycles. The molecule has 1 nitrogen and oxygen atoms in total. The third kappa shape index (κ3) is 2.13. The van der Waals surface area contributed by atoms with E-state index in [1.54, 1.807) is 0 Å². The number of hydrogen-bond donors (Lipinski definition) is 1. The summed E-state index contributed by atoms with van der Waals surface area (Å²) in [4.78, 5) is 0. The van der Waals surface area contributed by atoms with Crippen LogP contribution in [0.3, 0.4) is 0 Å². The highest BCUT2D eigenvalue weighted by atomic mass is 14.9. The van der Waals surface area contributed by atoms with Gasteiger partial charge in [-0.15, -0.1) is 0 Å². The highest BCUT2D eigenvalue weighted by molar-refractivity contribution is 5.70. The highest BCUT2D eigenvalue weighted by Gasteiger charge is 2.19. The summed E-state index contributed by atoms with van der Waals surface area (Å²) < 4.78 is 0. The summed E-state index contributed by atoms with van der Waals surface area (Å²) in [5.41, 5.74) is 4.03. The largest absolute Gasteiger partial charge is 0.310 e. The van der Waals surface area contributed by atoms with Crippen LogP contribution in [0.15, 0.2) is 30.8 Å². The van der Waals surface area contributed by atoms with Gasteiger partial charge in [-0.2, -0.15) is 0 Å². The first-order chi connectivity index (χ1) is 7.33. The van der Waals surface area contributed by atoms with Gasteiger partial charge in [0.05, 0.1) is 0 Å². The van der Waals surface area contributed by atoms with Crippen molar-refractivity contribution in [2.75, 3.05) is 6.54 Å². The third-order valence-electron chi connectivity index (χ3n) is 3.23. The number of rotatable bonds is 3. The molecule has 1 unspecified atom stereocenters. The molecule has 1 atom stereocenters. The smallest absolute Gasteiger partial charge is 0.0320 e. The second kappa shape index (κ2) is 4.63. The summed E-state index contributed by atoms with van der Waals surface area (Å²) >= 11 is 0. The first-order valence-electron chi connectivity index (χ1n) is 5.83. The lowest BCUT2D eigenvalue weighted by Gasteiger charge is -2.16. The molecule has 0 amide bonds. The van der Waals surface area contributed by atoms with Crippen LogP contribution in [0.5, 0.6) is 0 Å². The minimum atomic E-state index is 0.498. The van der Waals surface area contributed by atoms with Crippen molar-refractivity contribution >= 4 is 5.57 Å². The number of hydrogen-bond acceptors (Lipinski definition) is 1. The summed E-state index contributed by atoms with van der Waals surface area (Å²) in [5, 5.41) is 3.51. The summed E-state index contributed by atoms with van der Waals surface area (Å²) in [6, 6.07) is 9.11. The van der Waals surface area contributed by atoms with Crippen molar-refractivity contribution in [3.8, 4) is 0 Å². The summed E-state index contributed by atoms with van der Waals surface area (Å²) in [6.07, 6.45) is 3.59. The van der Waals surface area contributed by atoms with E-state index < -0.39 is 0 Å². The molecular weight excluding hydrogens is 182 g/mol. The Morgan fingerprint density at radius 2 is 2.27 bits per heavy atom. The molecule has 1 aromatic rings. The molecule has 0 saturated carbocycles. The number of benzene rings is 1. The maximum Gasteiger partial charge on any atom is 0.0320 e. The average molecular weight is 201 g/mol. The molecular formula is C14H19N. The van der Waals surface area contributed by atoms with Gasteiger partial charge < -0.3 is 5.32 Å². The Hall–Kier alpha value is -1.08. The van der Waals surface area contributed by atoms with E-state index in [1.165, 1.54) is 29.5 Å². The van der Waals surface area contributed by atoms with Crippen LogP contribution in [-0.2, 0) is 6.42 Å². The van der Waals surface area contributed by atoms with Gasteiger partial charge in [0.25, 0.3) is 0 Å². The van der Waals surface area contributed by atoms with Crippen molar-refractivity contribution in [2.45, 2.75) is 32.2 Å². The Balaban J connectivity index is 2.24. The zero-order valence-corrected chi connectivity index (χ0v) is 9.42. The van der Waals surface area contributed by atoms with E-state index in [-0.39, 0.29) is 0 Å². The number of nitrogens with one attached hydrogen (secondary N) is 1. The van der Waals surface area contributed by atoms with Crippen LogP contribution in [0.25, 0.3) is 5.57 Å². The van der Waals surface area contributed by atoms with Gasteiger partial charge in [-0.05, 0) is 42.5 Å². The van der Waals surface area contributed by atoms with Gasteiger partial charge >= 0.3 is 0 Å². The van der Waals surface area contributed by atoms with Crippen molar-refractivity contribution in [1.82, 2.24) is 5.32 Å². The van der Waals surface area contributed by atoms with Crippen LogP contribution in [0, 0.1) is 0 Å². The lowest BCUT2D eigenvalue weighted by Crippen LogP contribution is -2.22. The van der Waals surface area contributed by atoms with Crippen LogP contribution < -0.4 is 5.32 Å². The standard InChI is InChI=1S/C14H19N/c1-3-12-7-4-5-8-13(12)11(2)14-9-6-10-15-14/h4-5,7-8,14-15H,2-3,6,9-10H2,1H3. The van der Waals surface area contributed by atoms with Gasteiger partial charge in [-0.3, -0.25) is 0 Å². The molecule has 1 aliphatic rings. The monoisotopic (exact) mass is 201 g/mol. The summed E-state index contributed by atoms with van der Waals surface area (Å²) in [7, 11) is 0. The molecule has 0 radical (unpaired) electrons. The fourth-order valence-corrected chi connectivity index (χ4v) is 2.31. The maximum absolute atomic E-state index is 4.25. The second-order valence-electron chi connectivity index (χ2n) is 4.18. The Kier molecular flexibility index (Phi) is 3.22. The fraction of sp³-hybridized carbons (Fsp3) is 0.429. The normalized spacial score (nSPS) is 20.5. The minimum Gasteiger partial charge on any atom is -0.310 e. The van der Waals surface area contributed by atoms with Gasteiger partial charge in [-0.25, -0.2) is 0 Å². The molecule has 1 heteroatoms. The van der Waals surface area contributed by atoms with Gasteiger partial charge in [-0.1, -0.05) is 37.8 Å². The molecule has 80 valence electrons. The molecule has 1 N–H and O–H groups in total. The highest BCUT2D eigenvalue weighted by Crippen LogP contribution is 2.25. The topological polar surface area (TPSA) is 12.0 Å². The Labute approximate surface area is 92.2 Å². The predicted molar refractivity (Wildman–Crippen MR) is 65.9 cm³/mol. The first-order valence-corrected chi connectivity index (χ1v) is 5.83. The third-order valence-corrected chi connectivity index (χ3v) is 3.23. The van der Waals surface area contributed by atoms with Crippen LogP contribution in [0.4, 0.5) is 0 Å². The number of aryl methyl sites for hydroxylation is 1. The Morgan fingerprint density at radius 1 is 1.47 bits per heavy atom. The van der Waals surface area contributed by atoms with Crippen LogP contribution in [0.1, 0.15) is 30.9 Å². The molecule has 1 heterocycles. The van der Waals surface area contributed by atoms with Crippen molar-refractivity contribution in [1.29, 1.82) is 0 Å². The SMILES string of the molecule is C=C(c1ccccc1CC)C1CCCN1. The van der Waals surface area contributed by atoms with Crippen LogP contribution >= 0.6 is 0 Å². The minimum absolute atomic E-state index is 0.498. The molecule has 1 aliphatic heterocycles. The molecule has 1 aromatic carbocycles. The van der Waals surface area contributed by atoms with Crippen molar-refractivity contribution in [3.63, 3.8) is 0 Å². The van der Waals surface area contributed by atoms with E-state index in [9.17, 15) is 0 Å². The van der Waals surface area contributed by atoms with Gasteiger partial charge in [0.1, 0.15) is 0 Å². The summed E-state index contributed by atoms with van der Waals surface area (Å²) in [5.74, 6) is 0. The van der Waals surface area contributed by atoms with Crippen molar-refractivity contribution < 1.29 is 0 Å². The average Bonchev–Trinajstić information content (AvgIpc) is 2.81. The van der Waals surface area contributed by atoms with Gasteiger partial charge in [0.15, 0.2) is 0 Å². The van der Waals surface area contributed by atoms with Crippen LogP contribution in [-0.4, -0.2) is 12.6 Å². The fourth-order valence-electron chi connectivity index (χ4n) is 2.31. The molecule has 2 rings (SSSR count). The van der Waals surface area contributed by atoms with E-state index in [0.717, 1.165) is 13.0 Å². The maximum atomic E-state index is 4.25. The Bertz CT molecular complexity index is 348. The zero-order chi connectivity index (χ0) is 10.7. The second-order valence-corrected chi connectivity index (χ2v) is 4.18. The molecule has 0 bridgehead atoms. The van der Waals surface area contributed by atoms with E-state index >= 15 is 0 Å². The Morgan fingerprint density at radius 3 is 2.93 bits per heavy atom. The lowest BCUT2D eigenvalue weighted by molar-refractivity contribution is 0.744. The van der Waals surface area contributed by atoms with E-state index in [0.29, 0.717) is 6.04 Å². The molecule has 1 fully saturated rings. The van der Waals surface area contributed by atoms with Crippen molar-refractivity contribution in [2.24, 2.45) is 0 Å². The molecule has 15 heavy (non-hydrogen) atoms.